The molecule has 1 unspecified atom stereocenters. The highest BCUT2D eigenvalue weighted by atomic mass is 127. The van der Waals surface area contributed by atoms with Gasteiger partial charge in [-0.1, -0.05) is 20.4 Å². The Balaban J connectivity index is 1.34. The molecular formula is C27H33IN8O3. The fourth-order valence-corrected chi connectivity index (χ4v) is 5.51. The molecule has 0 radical (unpaired) electrons. The summed E-state index contributed by atoms with van der Waals surface area (Å²) in [5, 5.41) is 14.4. The van der Waals surface area contributed by atoms with Crippen LogP contribution in [0.5, 0.6) is 0 Å². The molecule has 1 atom stereocenters. The number of carbonyl (C=O) groups excluding carboxylic acids is 2. The second kappa shape index (κ2) is 11.9. The largest absolute Gasteiger partial charge is 0.381 e. The lowest BCUT2D eigenvalue weighted by molar-refractivity contribution is -0.141. The molecule has 2 aromatic heterocycles. The quantitative estimate of drug-likeness (QED) is 0.238. The number of likely N-dealkylation sites (tertiary alicyclic amines) is 1. The summed E-state index contributed by atoms with van der Waals surface area (Å²) < 4.78 is 8.21. The Morgan fingerprint density at radius 3 is 2.69 bits per heavy atom. The van der Waals surface area contributed by atoms with E-state index in [0.29, 0.717) is 37.1 Å². The van der Waals surface area contributed by atoms with Crippen molar-refractivity contribution in [3.8, 4) is 0 Å². The summed E-state index contributed by atoms with van der Waals surface area (Å²) in [6, 6.07) is 5.66. The van der Waals surface area contributed by atoms with Crippen molar-refractivity contribution < 1.29 is 14.3 Å². The summed E-state index contributed by atoms with van der Waals surface area (Å²) in [6.45, 7) is 10.2. The molecule has 206 valence electrons. The molecule has 0 bridgehead atoms. The Bertz CT molecular complexity index is 1380. The van der Waals surface area contributed by atoms with Crippen molar-refractivity contribution in [2.75, 3.05) is 35.7 Å². The SMILES string of the molecule is C=CC(=O)N1CCC1C(=O)Nc1cc(I)cc(CNc2nc(NC3CCOCC3)nc3c(C(C)C)cnn23)c1. The average molecular weight is 645 g/mol. The number of benzene rings is 1. The van der Waals surface area contributed by atoms with Gasteiger partial charge in [0.15, 0.2) is 5.65 Å². The van der Waals surface area contributed by atoms with Crippen LogP contribution in [0.2, 0.25) is 0 Å². The summed E-state index contributed by atoms with van der Waals surface area (Å²) in [7, 11) is 0. The summed E-state index contributed by atoms with van der Waals surface area (Å²) in [5.41, 5.74) is 3.46. The number of carbonyl (C=O) groups is 2. The van der Waals surface area contributed by atoms with Crippen LogP contribution in [0.15, 0.2) is 37.1 Å². The van der Waals surface area contributed by atoms with Crippen LogP contribution in [0.4, 0.5) is 17.6 Å². The number of aromatic nitrogens is 4. The summed E-state index contributed by atoms with van der Waals surface area (Å²) in [5.74, 6) is 0.982. The van der Waals surface area contributed by atoms with E-state index in [4.69, 9.17) is 14.7 Å². The lowest BCUT2D eigenvalue weighted by Crippen LogP contribution is -2.56. The Morgan fingerprint density at radius 1 is 1.21 bits per heavy atom. The molecular weight excluding hydrogens is 611 g/mol. The summed E-state index contributed by atoms with van der Waals surface area (Å²) in [4.78, 5) is 35.9. The minimum Gasteiger partial charge on any atom is -0.381 e. The second-order valence-corrected chi connectivity index (χ2v) is 11.4. The zero-order valence-corrected chi connectivity index (χ0v) is 24.3. The number of nitrogens with zero attached hydrogens (tertiary/aromatic N) is 5. The first-order valence-electron chi connectivity index (χ1n) is 13.2. The van der Waals surface area contributed by atoms with E-state index in [9.17, 15) is 9.59 Å². The highest BCUT2D eigenvalue weighted by Gasteiger charge is 2.36. The normalized spacial score (nSPS) is 17.6. The third-order valence-electron chi connectivity index (χ3n) is 7.03. The maximum atomic E-state index is 12.8. The number of rotatable bonds is 9. The molecule has 12 heteroatoms. The Hall–Kier alpha value is -3.26. The van der Waals surface area contributed by atoms with Crippen molar-refractivity contribution >= 4 is 57.6 Å². The highest BCUT2D eigenvalue weighted by molar-refractivity contribution is 14.1. The minimum atomic E-state index is -0.471. The number of hydrogen-bond donors (Lipinski definition) is 3. The maximum absolute atomic E-state index is 12.8. The number of hydrogen-bond acceptors (Lipinski definition) is 8. The van der Waals surface area contributed by atoms with Gasteiger partial charge in [0, 0.05) is 47.2 Å². The van der Waals surface area contributed by atoms with Crippen LogP contribution in [-0.2, 0) is 20.9 Å². The molecule has 0 spiro atoms. The number of nitrogens with one attached hydrogen (secondary N) is 3. The van der Waals surface area contributed by atoms with Crippen LogP contribution in [0.3, 0.4) is 0 Å². The van der Waals surface area contributed by atoms with Crippen LogP contribution in [0.25, 0.3) is 5.65 Å². The zero-order chi connectivity index (χ0) is 27.5. The van der Waals surface area contributed by atoms with Gasteiger partial charge in [0.2, 0.25) is 23.7 Å². The predicted octanol–water partition coefficient (Wildman–Crippen LogP) is 3.78. The topological polar surface area (TPSA) is 126 Å². The molecule has 4 heterocycles. The monoisotopic (exact) mass is 644 g/mol. The van der Waals surface area contributed by atoms with Crippen molar-refractivity contribution in [2.45, 2.75) is 57.7 Å². The van der Waals surface area contributed by atoms with Gasteiger partial charge in [-0.05, 0) is 77.6 Å². The van der Waals surface area contributed by atoms with Gasteiger partial charge in [0.05, 0.1) is 6.20 Å². The van der Waals surface area contributed by atoms with Gasteiger partial charge < -0.3 is 25.6 Å². The highest BCUT2D eigenvalue weighted by Crippen LogP contribution is 2.25. The van der Waals surface area contributed by atoms with E-state index >= 15 is 0 Å². The number of halogens is 1. The van der Waals surface area contributed by atoms with Crippen LogP contribution >= 0.6 is 22.6 Å². The van der Waals surface area contributed by atoms with Gasteiger partial charge in [-0.2, -0.15) is 19.6 Å². The van der Waals surface area contributed by atoms with E-state index in [0.717, 1.165) is 46.4 Å². The van der Waals surface area contributed by atoms with Gasteiger partial charge in [-0.15, -0.1) is 0 Å². The lowest BCUT2D eigenvalue weighted by atomic mass is 10.0. The molecule has 2 aliphatic heterocycles. The van der Waals surface area contributed by atoms with Crippen molar-refractivity contribution in [1.82, 2.24) is 24.5 Å². The van der Waals surface area contributed by atoms with Gasteiger partial charge in [0.25, 0.3) is 0 Å². The standard InChI is InChI=1S/C27H33IN8O3/c1-4-23(37)35-8-5-22(35)25(38)31-20-12-17(11-18(28)13-20)14-29-27-34-26(32-19-6-9-39-10-7-19)33-24-21(16(2)3)15-30-36(24)27/h4,11-13,15-16,19,22H,1,5-10,14H2,2-3H3,(H,31,38)(H2,29,32,33,34). The minimum absolute atomic E-state index is 0.198. The second-order valence-electron chi connectivity index (χ2n) is 10.1. The van der Waals surface area contributed by atoms with Gasteiger partial charge in [0.1, 0.15) is 6.04 Å². The van der Waals surface area contributed by atoms with E-state index in [1.54, 1.807) is 4.52 Å². The molecule has 3 N–H and O–H groups in total. The van der Waals surface area contributed by atoms with Crippen molar-refractivity contribution in [2.24, 2.45) is 0 Å². The molecule has 3 aromatic rings. The third-order valence-corrected chi connectivity index (χ3v) is 7.65. The van der Waals surface area contributed by atoms with E-state index in [1.807, 2.05) is 24.4 Å². The van der Waals surface area contributed by atoms with Crippen LogP contribution in [0, 0.1) is 3.57 Å². The Labute approximate surface area is 240 Å². The fourth-order valence-electron chi connectivity index (χ4n) is 4.78. The summed E-state index contributed by atoms with van der Waals surface area (Å²) in [6.07, 6.45) is 5.54. The van der Waals surface area contributed by atoms with Gasteiger partial charge >= 0.3 is 0 Å². The molecule has 0 aliphatic carbocycles. The maximum Gasteiger partial charge on any atom is 0.247 e. The number of ether oxygens (including phenoxy) is 1. The average Bonchev–Trinajstić information content (AvgIpc) is 3.31. The molecule has 2 fully saturated rings. The van der Waals surface area contributed by atoms with Crippen LogP contribution in [-0.4, -0.2) is 68.1 Å². The fraction of sp³-hybridized carbons (Fsp3) is 0.444. The number of amides is 2. The first-order chi connectivity index (χ1) is 18.8. The van der Waals surface area contributed by atoms with Crippen molar-refractivity contribution in [3.63, 3.8) is 0 Å². The molecule has 5 rings (SSSR count). The zero-order valence-electron chi connectivity index (χ0n) is 22.1. The van der Waals surface area contributed by atoms with E-state index in [1.165, 1.54) is 11.0 Å². The molecule has 0 saturated carbocycles. The van der Waals surface area contributed by atoms with E-state index in [-0.39, 0.29) is 23.8 Å². The van der Waals surface area contributed by atoms with Gasteiger partial charge in [-0.3, -0.25) is 9.59 Å². The van der Waals surface area contributed by atoms with Gasteiger partial charge in [-0.25, -0.2) is 0 Å². The Kier molecular flexibility index (Phi) is 8.31. The predicted molar refractivity (Wildman–Crippen MR) is 158 cm³/mol. The molecule has 11 nitrogen and oxygen atoms in total. The Morgan fingerprint density at radius 2 is 2.00 bits per heavy atom. The molecule has 2 saturated heterocycles. The van der Waals surface area contributed by atoms with Crippen LogP contribution in [0.1, 0.15) is 50.2 Å². The number of fused-ring (bicyclic) bond motifs is 1. The molecule has 2 aliphatic rings. The molecule has 39 heavy (non-hydrogen) atoms. The molecule has 1 aromatic carbocycles. The van der Waals surface area contributed by atoms with E-state index < -0.39 is 6.04 Å². The summed E-state index contributed by atoms with van der Waals surface area (Å²) >= 11 is 2.23. The molecule has 2 amide bonds. The lowest BCUT2D eigenvalue weighted by Gasteiger charge is -2.39. The first-order valence-corrected chi connectivity index (χ1v) is 14.3. The smallest absolute Gasteiger partial charge is 0.247 e. The van der Waals surface area contributed by atoms with Crippen LogP contribution < -0.4 is 16.0 Å². The number of anilines is 3. The van der Waals surface area contributed by atoms with Crippen molar-refractivity contribution in [1.29, 1.82) is 0 Å². The van der Waals surface area contributed by atoms with Crippen molar-refractivity contribution in [3.05, 3.63) is 51.7 Å². The first kappa shape index (κ1) is 27.3. The third kappa shape index (κ3) is 6.16. The van der Waals surface area contributed by atoms with E-state index in [2.05, 4.69) is 64.1 Å².